The Kier molecular flexibility index (Phi) is 51.1. The summed E-state index contributed by atoms with van der Waals surface area (Å²) >= 11 is 0. The smallest absolute Gasteiger partial charge is 0.306 e. The second-order valence-corrected chi connectivity index (χ2v) is 20.4. The van der Waals surface area contributed by atoms with Crippen molar-refractivity contribution >= 4 is 17.9 Å². The molecule has 0 aromatic carbocycles. The normalized spacial score (nSPS) is 12.0. The number of rotatable bonds is 53. The molecule has 0 fully saturated rings. The first kappa shape index (κ1) is 62.4. The van der Waals surface area contributed by atoms with Crippen molar-refractivity contribution in [2.24, 2.45) is 5.92 Å². The zero-order valence-electron chi connectivity index (χ0n) is 43.8. The number of hydrogen-bond acceptors (Lipinski definition) is 6. The lowest BCUT2D eigenvalue weighted by molar-refractivity contribution is -0.167. The molecule has 1 atom stereocenters. The third kappa shape index (κ3) is 51.4. The number of esters is 3. The molecule has 0 aliphatic rings. The second-order valence-electron chi connectivity index (χ2n) is 20.4. The van der Waals surface area contributed by atoms with Crippen molar-refractivity contribution in [3.8, 4) is 0 Å². The van der Waals surface area contributed by atoms with E-state index in [4.69, 9.17) is 14.2 Å². The number of hydrogen-bond donors (Lipinski definition) is 0. The highest BCUT2D eigenvalue weighted by Gasteiger charge is 2.19. The van der Waals surface area contributed by atoms with Gasteiger partial charge < -0.3 is 14.2 Å². The summed E-state index contributed by atoms with van der Waals surface area (Å²) in [4.78, 5) is 38.1. The van der Waals surface area contributed by atoms with E-state index in [0.717, 1.165) is 63.7 Å². The zero-order valence-corrected chi connectivity index (χ0v) is 43.8. The molecular weight excluding hydrogens is 793 g/mol. The average Bonchev–Trinajstić information content (AvgIpc) is 3.28. The van der Waals surface area contributed by atoms with Crippen molar-refractivity contribution in [1.82, 2.24) is 0 Å². The molecule has 0 N–H and O–H groups in total. The third-order valence-corrected chi connectivity index (χ3v) is 13.3. The lowest BCUT2D eigenvalue weighted by Gasteiger charge is -2.18. The first-order valence-electron chi connectivity index (χ1n) is 28.9. The first-order valence-corrected chi connectivity index (χ1v) is 28.9. The highest BCUT2D eigenvalue weighted by molar-refractivity contribution is 5.71. The van der Waals surface area contributed by atoms with Crippen LogP contribution in [-0.4, -0.2) is 37.2 Å². The van der Waals surface area contributed by atoms with Crippen LogP contribution in [-0.2, 0) is 28.6 Å². The molecule has 0 aliphatic carbocycles. The van der Waals surface area contributed by atoms with Crippen LogP contribution in [0.4, 0.5) is 0 Å². The Balaban J connectivity index is 4.23. The summed E-state index contributed by atoms with van der Waals surface area (Å²) in [7, 11) is 0. The fraction of sp³-hybridized carbons (Fsp3) is 0.948. The van der Waals surface area contributed by atoms with Crippen molar-refractivity contribution in [3.63, 3.8) is 0 Å². The summed E-state index contributed by atoms with van der Waals surface area (Å²) in [5.74, 6) is 0.00811. The van der Waals surface area contributed by atoms with Crippen LogP contribution < -0.4 is 0 Å². The van der Waals surface area contributed by atoms with E-state index in [0.29, 0.717) is 19.3 Å². The third-order valence-electron chi connectivity index (χ3n) is 13.3. The minimum absolute atomic E-state index is 0.0619. The molecule has 0 aromatic rings. The lowest BCUT2D eigenvalue weighted by Crippen LogP contribution is -2.30. The van der Waals surface area contributed by atoms with Gasteiger partial charge in [0, 0.05) is 19.3 Å². The van der Waals surface area contributed by atoms with Crippen LogP contribution in [0.1, 0.15) is 329 Å². The van der Waals surface area contributed by atoms with Gasteiger partial charge in [-0.25, -0.2) is 0 Å². The quantitative estimate of drug-likeness (QED) is 0.0344. The van der Waals surface area contributed by atoms with Crippen LogP contribution in [0.2, 0.25) is 0 Å². The van der Waals surface area contributed by atoms with Gasteiger partial charge in [0.15, 0.2) is 6.10 Å². The van der Waals surface area contributed by atoms with Crippen LogP contribution in [0.5, 0.6) is 0 Å². The van der Waals surface area contributed by atoms with E-state index >= 15 is 0 Å². The molecule has 0 saturated heterocycles. The summed E-state index contributed by atoms with van der Waals surface area (Å²) in [5.41, 5.74) is 0. The maximum atomic E-state index is 12.8. The van der Waals surface area contributed by atoms with E-state index < -0.39 is 6.10 Å². The molecule has 6 nitrogen and oxygen atoms in total. The molecule has 0 saturated carbocycles. The van der Waals surface area contributed by atoms with Crippen molar-refractivity contribution < 1.29 is 28.6 Å². The van der Waals surface area contributed by atoms with E-state index in [2.05, 4.69) is 27.7 Å². The highest BCUT2D eigenvalue weighted by Crippen LogP contribution is 2.18. The van der Waals surface area contributed by atoms with E-state index in [1.807, 2.05) is 0 Å². The Morgan fingerprint density at radius 3 is 0.766 bits per heavy atom. The van der Waals surface area contributed by atoms with Crippen LogP contribution >= 0.6 is 0 Å². The van der Waals surface area contributed by atoms with Crippen molar-refractivity contribution in [1.29, 1.82) is 0 Å². The molecule has 0 bridgehead atoms. The van der Waals surface area contributed by atoms with E-state index in [1.165, 1.54) is 225 Å². The van der Waals surface area contributed by atoms with Gasteiger partial charge in [0.1, 0.15) is 13.2 Å². The minimum atomic E-state index is -0.761. The molecule has 0 amide bonds. The predicted octanol–water partition coefficient (Wildman–Crippen LogP) is 19.0. The van der Waals surface area contributed by atoms with Gasteiger partial charge in [-0.15, -0.1) is 0 Å². The monoisotopic (exact) mass is 905 g/mol. The zero-order chi connectivity index (χ0) is 46.7. The summed E-state index contributed by atoms with van der Waals surface area (Å²) in [6.07, 6.45) is 56.7. The van der Waals surface area contributed by atoms with Gasteiger partial charge in [-0.2, -0.15) is 0 Å². The van der Waals surface area contributed by atoms with Crippen molar-refractivity contribution in [2.45, 2.75) is 336 Å². The van der Waals surface area contributed by atoms with Gasteiger partial charge in [-0.3, -0.25) is 14.4 Å². The van der Waals surface area contributed by atoms with E-state index in [1.54, 1.807) is 0 Å². The number of ether oxygens (including phenoxy) is 3. The molecule has 0 spiro atoms. The molecule has 6 heteroatoms. The molecule has 0 heterocycles. The molecular formula is C58H112O6. The van der Waals surface area contributed by atoms with Crippen LogP contribution in [0.25, 0.3) is 0 Å². The first-order chi connectivity index (χ1) is 31.4. The molecule has 64 heavy (non-hydrogen) atoms. The van der Waals surface area contributed by atoms with Gasteiger partial charge in [-0.1, -0.05) is 291 Å². The SMILES string of the molecule is CCCCCCCCCCCCCCCCCCCCC(=O)OC[C@H](COC(=O)CCCCCCCCCCCCCCCCC(C)C)OC(=O)CCCCCCCCCCCCC. The minimum Gasteiger partial charge on any atom is -0.462 e. The van der Waals surface area contributed by atoms with Gasteiger partial charge >= 0.3 is 17.9 Å². The average molecular weight is 906 g/mol. The van der Waals surface area contributed by atoms with Gasteiger partial charge in [0.2, 0.25) is 0 Å². The molecule has 0 aliphatic heterocycles. The van der Waals surface area contributed by atoms with E-state index in [-0.39, 0.29) is 31.1 Å². The standard InChI is InChI=1S/C58H112O6/c1-5-7-9-11-13-15-17-18-19-20-21-22-26-30-33-37-41-45-49-56(59)62-52-55(64-58(61)51-47-43-39-35-28-16-14-12-10-8-6-2)53-63-57(60)50-46-42-38-34-31-27-24-23-25-29-32-36-40-44-48-54(3)4/h54-55H,5-53H2,1-4H3/t55-/m1/s1. The summed E-state index contributed by atoms with van der Waals surface area (Å²) in [6, 6.07) is 0. The summed E-state index contributed by atoms with van der Waals surface area (Å²) in [6.45, 7) is 9.06. The molecule has 0 rings (SSSR count). The maximum absolute atomic E-state index is 12.8. The lowest BCUT2D eigenvalue weighted by atomic mass is 10.0. The molecule has 380 valence electrons. The Bertz CT molecular complexity index is 964. The van der Waals surface area contributed by atoms with Crippen LogP contribution in [0.3, 0.4) is 0 Å². The maximum Gasteiger partial charge on any atom is 0.306 e. The fourth-order valence-corrected chi connectivity index (χ4v) is 8.92. The number of carbonyl (C=O) groups is 3. The fourth-order valence-electron chi connectivity index (χ4n) is 8.92. The Morgan fingerprint density at radius 2 is 0.516 bits per heavy atom. The van der Waals surface area contributed by atoms with Gasteiger partial charge in [0.25, 0.3) is 0 Å². The van der Waals surface area contributed by atoms with Crippen molar-refractivity contribution in [3.05, 3.63) is 0 Å². The van der Waals surface area contributed by atoms with Crippen molar-refractivity contribution in [2.75, 3.05) is 13.2 Å². The number of unbranched alkanes of at least 4 members (excludes halogenated alkanes) is 40. The van der Waals surface area contributed by atoms with Gasteiger partial charge in [0.05, 0.1) is 0 Å². The highest BCUT2D eigenvalue weighted by atomic mass is 16.6. The van der Waals surface area contributed by atoms with Crippen LogP contribution in [0.15, 0.2) is 0 Å². The molecule has 0 radical (unpaired) electrons. The Labute approximate surface area is 399 Å². The Morgan fingerprint density at radius 1 is 0.297 bits per heavy atom. The second kappa shape index (κ2) is 52.4. The van der Waals surface area contributed by atoms with Crippen LogP contribution in [0, 0.1) is 5.92 Å². The summed E-state index contributed by atoms with van der Waals surface area (Å²) < 4.78 is 16.9. The van der Waals surface area contributed by atoms with E-state index in [9.17, 15) is 14.4 Å². The topological polar surface area (TPSA) is 78.9 Å². The predicted molar refractivity (Wildman–Crippen MR) is 275 cm³/mol. The number of carbonyl (C=O) groups excluding carboxylic acids is 3. The molecule has 0 unspecified atom stereocenters. The van der Waals surface area contributed by atoms with Gasteiger partial charge in [-0.05, 0) is 25.2 Å². The molecule has 0 aromatic heterocycles. The Hall–Kier alpha value is -1.59. The largest absolute Gasteiger partial charge is 0.462 e. The summed E-state index contributed by atoms with van der Waals surface area (Å²) in [5, 5.41) is 0.